The zero-order chi connectivity index (χ0) is 18.1. The van der Waals surface area contributed by atoms with Crippen molar-refractivity contribution in [3.8, 4) is 11.5 Å². The maximum absolute atomic E-state index is 12.6. The summed E-state index contributed by atoms with van der Waals surface area (Å²) in [6.07, 6.45) is 1.90. The van der Waals surface area contributed by atoms with Crippen LogP contribution in [-0.2, 0) is 6.54 Å². The van der Waals surface area contributed by atoms with Gasteiger partial charge in [0.2, 0.25) is 0 Å². The average Bonchev–Trinajstić information content (AvgIpc) is 2.94. The van der Waals surface area contributed by atoms with Crippen molar-refractivity contribution in [1.29, 1.82) is 0 Å². The topological polar surface area (TPSA) is 83.7 Å². The van der Waals surface area contributed by atoms with E-state index in [4.69, 9.17) is 9.68 Å². The van der Waals surface area contributed by atoms with E-state index < -0.39 is 0 Å². The molecule has 132 valence electrons. The normalized spacial score (nSPS) is 13.1. The quantitative estimate of drug-likeness (QED) is 0.812. The van der Waals surface area contributed by atoms with Crippen LogP contribution in [0.4, 0.5) is 0 Å². The van der Waals surface area contributed by atoms with Crippen LogP contribution in [0.5, 0.6) is 11.5 Å². The maximum Gasteiger partial charge on any atom is 0.254 e. The summed E-state index contributed by atoms with van der Waals surface area (Å²) >= 11 is 1.48. The Morgan fingerprint density at radius 2 is 2.08 bits per heavy atom. The first-order chi connectivity index (χ1) is 11.9. The number of hydrogen-bond acceptors (Lipinski definition) is 6. The SMILES string of the molecule is CSc1cc(C)[nH]c(=O)c1CNC(=O)c1ccc2c(c1C)ON(C)O2. The highest BCUT2D eigenvalue weighted by Gasteiger charge is 2.25. The number of carbonyl (C=O) groups is 1. The van der Waals surface area contributed by atoms with Gasteiger partial charge in [0.15, 0.2) is 11.5 Å². The molecule has 1 aliphatic rings. The van der Waals surface area contributed by atoms with Crippen LogP contribution in [0.15, 0.2) is 27.9 Å². The number of hydroxylamine groups is 2. The molecule has 0 atom stereocenters. The third-order valence-electron chi connectivity index (χ3n) is 3.94. The molecule has 0 saturated heterocycles. The molecule has 0 unspecified atom stereocenters. The number of hydrogen-bond donors (Lipinski definition) is 2. The Hall–Kier alpha value is -2.45. The van der Waals surface area contributed by atoms with E-state index in [2.05, 4.69) is 10.3 Å². The number of fused-ring (bicyclic) bond motifs is 1. The van der Waals surface area contributed by atoms with E-state index in [1.54, 1.807) is 26.1 Å². The molecule has 0 radical (unpaired) electrons. The van der Waals surface area contributed by atoms with Crippen LogP contribution >= 0.6 is 11.8 Å². The number of aryl methyl sites for hydroxylation is 1. The summed E-state index contributed by atoms with van der Waals surface area (Å²) in [6.45, 7) is 3.77. The molecule has 2 N–H and O–H groups in total. The van der Waals surface area contributed by atoms with Crippen molar-refractivity contribution < 1.29 is 14.5 Å². The molecule has 25 heavy (non-hydrogen) atoms. The van der Waals surface area contributed by atoms with Gasteiger partial charge in [0.1, 0.15) is 0 Å². The number of nitrogens with zero attached hydrogens (tertiary/aromatic N) is 1. The predicted octanol–water partition coefficient (Wildman–Crippen LogP) is 2.18. The molecule has 8 heteroatoms. The number of H-pyrrole nitrogens is 1. The van der Waals surface area contributed by atoms with Crippen molar-refractivity contribution in [2.24, 2.45) is 0 Å². The minimum absolute atomic E-state index is 0.151. The third-order valence-corrected chi connectivity index (χ3v) is 4.74. The highest BCUT2D eigenvalue weighted by molar-refractivity contribution is 7.98. The summed E-state index contributed by atoms with van der Waals surface area (Å²) in [5, 5.41) is 4.04. The number of aromatic amines is 1. The van der Waals surface area contributed by atoms with Gasteiger partial charge in [-0.05, 0) is 38.3 Å². The molecular weight excluding hydrogens is 342 g/mol. The van der Waals surface area contributed by atoms with E-state index in [0.29, 0.717) is 28.2 Å². The molecule has 7 nitrogen and oxygen atoms in total. The van der Waals surface area contributed by atoms with Crippen LogP contribution in [-0.4, -0.2) is 29.4 Å². The van der Waals surface area contributed by atoms with Crippen LogP contribution in [0.2, 0.25) is 0 Å². The molecule has 0 bridgehead atoms. The minimum Gasteiger partial charge on any atom is -0.367 e. The lowest BCUT2D eigenvalue weighted by Gasteiger charge is -2.11. The smallest absolute Gasteiger partial charge is 0.254 e. The van der Waals surface area contributed by atoms with Gasteiger partial charge in [-0.2, -0.15) is 0 Å². The number of thioether (sulfide) groups is 1. The van der Waals surface area contributed by atoms with E-state index in [1.807, 2.05) is 19.2 Å². The standard InChI is InChI=1S/C17H19N3O4S/c1-9-7-14(25-4)12(17(22)19-9)8-18-16(21)11-5-6-13-15(10(11)2)24-20(3)23-13/h5-7H,8H2,1-4H3,(H,18,21)(H,19,22). The average molecular weight is 361 g/mol. The van der Waals surface area contributed by atoms with Gasteiger partial charge >= 0.3 is 0 Å². The Labute approximate surface area is 149 Å². The van der Waals surface area contributed by atoms with Crippen LogP contribution in [0, 0.1) is 13.8 Å². The second-order valence-electron chi connectivity index (χ2n) is 5.70. The van der Waals surface area contributed by atoms with Gasteiger partial charge in [-0.3, -0.25) is 9.59 Å². The Morgan fingerprint density at radius 1 is 1.32 bits per heavy atom. The van der Waals surface area contributed by atoms with Gasteiger partial charge in [-0.25, -0.2) is 0 Å². The molecule has 1 aromatic heterocycles. The summed E-state index contributed by atoms with van der Waals surface area (Å²) < 4.78 is 0. The van der Waals surface area contributed by atoms with Crippen molar-refractivity contribution in [1.82, 2.24) is 15.5 Å². The molecule has 2 heterocycles. The Kier molecular flexibility index (Phi) is 4.73. The van der Waals surface area contributed by atoms with Gasteiger partial charge in [0, 0.05) is 39.1 Å². The van der Waals surface area contributed by atoms with E-state index in [9.17, 15) is 9.59 Å². The van der Waals surface area contributed by atoms with Gasteiger partial charge in [0.25, 0.3) is 11.5 Å². The van der Waals surface area contributed by atoms with Crippen molar-refractivity contribution in [3.63, 3.8) is 0 Å². The molecule has 1 aromatic carbocycles. The molecule has 1 amide bonds. The zero-order valence-electron chi connectivity index (χ0n) is 14.4. The van der Waals surface area contributed by atoms with Crippen molar-refractivity contribution in [3.05, 3.63) is 50.9 Å². The van der Waals surface area contributed by atoms with E-state index in [-0.39, 0.29) is 18.0 Å². The van der Waals surface area contributed by atoms with E-state index in [0.717, 1.165) is 10.6 Å². The lowest BCUT2D eigenvalue weighted by molar-refractivity contribution is -0.204. The van der Waals surface area contributed by atoms with Gasteiger partial charge in [0.05, 0.1) is 7.05 Å². The highest BCUT2D eigenvalue weighted by Crippen LogP contribution is 2.38. The largest absolute Gasteiger partial charge is 0.367 e. The van der Waals surface area contributed by atoms with Crippen molar-refractivity contribution in [2.75, 3.05) is 13.3 Å². The molecule has 0 saturated carbocycles. The number of aromatic nitrogens is 1. The Bertz CT molecular complexity index is 894. The van der Waals surface area contributed by atoms with E-state index >= 15 is 0 Å². The Balaban J connectivity index is 1.81. The first-order valence-electron chi connectivity index (χ1n) is 7.69. The second-order valence-corrected chi connectivity index (χ2v) is 6.55. The fourth-order valence-electron chi connectivity index (χ4n) is 2.68. The van der Waals surface area contributed by atoms with Crippen molar-refractivity contribution in [2.45, 2.75) is 25.3 Å². The number of benzene rings is 1. The monoisotopic (exact) mass is 361 g/mol. The van der Waals surface area contributed by atoms with Gasteiger partial charge < -0.3 is 20.0 Å². The highest BCUT2D eigenvalue weighted by atomic mass is 32.2. The third kappa shape index (κ3) is 3.35. The molecule has 0 aliphatic carbocycles. The molecular formula is C17H19N3O4S. The van der Waals surface area contributed by atoms with E-state index in [1.165, 1.54) is 17.0 Å². The minimum atomic E-state index is -0.273. The summed E-state index contributed by atoms with van der Waals surface area (Å²) in [4.78, 5) is 39.1. The zero-order valence-corrected chi connectivity index (χ0v) is 15.2. The fraction of sp³-hybridized carbons (Fsp3) is 0.294. The maximum atomic E-state index is 12.6. The van der Waals surface area contributed by atoms with Crippen LogP contribution in [0.1, 0.15) is 27.2 Å². The lowest BCUT2D eigenvalue weighted by Crippen LogP contribution is -2.28. The first kappa shape index (κ1) is 17.4. The second kappa shape index (κ2) is 6.81. The molecule has 1 aliphatic heterocycles. The number of carbonyl (C=O) groups excluding carboxylic acids is 1. The number of nitrogens with one attached hydrogen (secondary N) is 2. The summed E-state index contributed by atoms with van der Waals surface area (Å²) in [6, 6.07) is 5.27. The van der Waals surface area contributed by atoms with Crippen LogP contribution < -0.4 is 20.6 Å². The van der Waals surface area contributed by atoms with Gasteiger partial charge in [-0.1, -0.05) is 0 Å². The molecule has 2 aromatic rings. The van der Waals surface area contributed by atoms with Gasteiger partial charge in [-0.15, -0.1) is 11.8 Å². The first-order valence-corrected chi connectivity index (χ1v) is 8.91. The van der Waals surface area contributed by atoms with Crippen molar-refractivity contribution >= 4 is 17.7 Å². The van der Waals surface area contributed by atoms with Crippen LogP contribution in [0.25, 0.3) is 0 Å². The number of rotatable bonds is 4. The fourth-order valence-corrected chi connectivity index (χ4v) is 3.39. The lowest BCUT2D eigenvalue weighted by atomic mass is 10.1. The molecule has 0 fully saturated rings. The number of amides is 1. The molecule has 0 spiro atoms. The molecule has 3 rings (SSSR count). The Morgan fingerprint density at radius 3 is 2.80 bits per heavy atom. The summed E-state index contributed by atoms with van der Waals surface area (Å²) in [5.74, 6) is 0.815. The predicted molar refractivity (Wildman–Crippen MR) is 94.9 cm³/mol. The summed E-state index contributed by atoms with van der Waals surface area (Å²) in [5.41, 5.74) is 2.31. The summed E-state index contributed by atoms with van der Waals surface area (Å²) in [7, 11) is 1.63. The van der Waals surface area contributed by atoms with Crippen LogP contribution in [0.3, 0.4) is 0 Å². The number of pyridine rings is 1.